The molecule has 4 nitrogen and oxygen atoms in total. The maximum Gasteiger partial charge on any atom is 0.188 e. The van der Waals surface area contributed by atoms with Crippen LogP contribution in [0.3, 0.4) is 0 Å². The minimum absolute atomic E-state index is 0.00668. The fraction of sp³-hybridized carbons (Fsp3) is 0.300. The number of hydrogen-bond donors (Lipinski definition) is 0. The van der Waals surface area contributed by atoms with Gasteiger partial charge in [0, 0.05) is 18.0 Å². The SMILES string of the molecule is CC(=O)c1nc(-n2nc(C)cc2C)cs1. The topological polar surface area (TPSA) is 47.8 Å². The van der Waals surface area contributed by atoms with Gasteiger partial charge in [-0.3, -0.25) is 4.79 Å². The molecule has 5 heteroatoms. The predicted molar refractivity (Wildman–Crippen MR) is 58.7 cm³/mol. The summed E-state index contributed by atoms with van der Waals surface area (Å²) in [6.07, 6.45) is 0. The van der Waals surface area contributed by atoms with Crippen molar-refractivity contribution in [3.05, 3.63) is 27.8 Å². The van der Waals surface area contributed by atoms with E-state index in [4.69, 9.17) is 0 Å². The van der Waals surface area contributed by atoms with Crippen LogP contribution < -0.4 is 0 Å². The molecular formula is C10H11N3OS. The molecule has 0 N–H and O–H groups in total. The molecule has 2 aromatic rings. The number of carbonyl (C=O) groups is 1. The van der Waals surface area contributed by atoms with Crippen molar-refractivity contribution in [2.45, 2.75) is 20.8 Å². The molecule has 0 fully saturated rings. The van der Waals surface area contributed by atoms with Gasteiger partial charge in [0.15, 0.2) is 16.6 Å². The zero-order valence-corrected chi connectivity index (χ0v) is 9.63. The van der Waals surface area contributed by atoms with Gasteiger partial charge in [-0.15, -0.1) is 11.3 Å². The molecule has 0 saturated carbocycles. The van der Waals surface area contributed by atoms with E-state index in [-0.39, 0.29) is 5.78 Å². The highest BCUT2D eigenvalue weighted by molar-refractivity contribution is 7.11. The lowest BCUT2D eigenvalue weighted by molar-refractivity contribution is 0.101. The van der Waals surface area contributed by atoms with Gasteiger partial charge < -0.3 is 0 Å². The van der Waals surface area contributed by atoms with Crippen LogP contribution in [0.5, 0.6) is 0 Å². The molecule has 0 aromatic carbocycles. The first-order valence-corrected chi connectivity index (χ1v) is 5.46. The van der Waals surface area contributed by atoms with Gasteiger partial charge in [0.05, 0.1) is 5.69 Å². The first kappa shape index (κ1) is 10.0. The van der Waals surface area contributed by atoms with E-state index in [1.54, 1.807) is 4.68 Å². The molecule has 0 atom stereocenters. The third-order valence-electron chi connectivity index (χ3n) is 2.02. The average molecular weight is 221 g/mol. The number of aryl methyl sites for hydroxylation is 2. The number of Topliss-reactive ketones (excluding diaryl/α,β-unsaturated/α-hetero) is 1. The van der Waals surface area contributed by atoms with Crippen molar-refractivity contribution in [1.29, 1.82) is 0 Å². The number of rotatable bonds is 2. The lowest BCUT2D eigenvalue weighted by Crippen LogP contribution is -2.00. The number of hydrogen-bond acceptors (Lipinski definition) is 4. The van der Waals surface area contributed by atoms with Crippen LogP contribution in [0.4, 0.5) is 0 Å². The number of aromatic nitrogens is 3. The first-order chi connectivity index (χ1) is 7.08. The maximum absolute atomic E-state index is 11.1. The second-order valence-electron chi connectivity index (χ2n) is 3.41. The lowest BCUT2D eigenvalue weighted by atomic mass is 10.4. The monoisotopic (exact) mass is 221 g/mol. The van der Waals surface area contributed by atoms with E-state index in [0.717, 1.165) is 17.2 Å². The molecule has 2 heterocycles. The van der Waals surface area contributed by atoms with Gasteiger partial charge in [-0.25, -0.2) is 9.67 Å². The molecule has 0 unspecified atom stereocenters. The van der Waals surface area contributed by atoms with Crippen molar-refractivity contribution in [2.75, 3.05) is 0 Å². The van der Waals surface area contributed by atoms with E-state index in [2.05, 4.69) is 10.1 Å². The molecule has 0 radical (unpaired) electrons. The Morgan fingerprint density at radius 3 is 2.67 bits per heavy atom. The second kappa shape index (κ2) is 3.58. The fourth-order valence-corrected chi connectivity index (χ4v) is 2.07. The van der Waals surface area contributed by atoms with Crippen LogP contribution in [0.1, 0.15) is 28.1 Å². The largest absolute Gasteiger partial charge is 0.292 e. The van der Waals surface area contributed by atoms with Gasteiger partial charge in [0.2, 0.25) is 0 Å². The standard InChI is InChI=1S/C10H11N3OS/c1-6-4-7(2)13(12-6)9-5-15-10(11-9)8(3)14/h4-5H,1-3H3. The maximum atomic E-state index is 11.1. The Kier molecular flexibility index (Phi) is 2.40. The predicted octanol–water partition coefficient (Wildman–Crippen LogP) is 2.15. The van der Waals surface area contributed by atoms with Crippen molar-refractivity contribution in [1.82, 2.24) is 14.8 Å². The Morgan fingerprint density at radius 1 is 1.47 bits per heavy atom. The van der Waals surface area contributed by atoms with Crippen molar-refractivity contribution < 1.29 is 4.79 Å². The molecule has 0 aliphatic carbocycles. The van der Waals surface area contributed by atoms with Crippen LogP contribution in [-0.4, -0.2) is 20.5 Å². The third-order valence-corrected chi connectivity index (χ3v) is 2.95. The van der Waals surface area contributed by atoms with Gasteiger partial charge in [-0.1, -0.05) is 0 Å². The van der Waals surface area contributed by atoms with Crippen molar-refractivity contribution in [3.63, 3.8) is 0 Å². The van der Waals surface area contributed by atoms with E-state index in [1.807, 2.05) is 25.3 Å². The molecule has 0 aliphatic rings. The number of thiazole rings is 1. The quantitative estimate of drug-likeness (QED) is 0.730. The summed E-state index contributed by atoms with van der Waals surface area (Å²) in [6, 6.07) is 1.98. The van der Waals surface area contributed by atoms with E-state index < -0.39 is 0 Å². The number of carbonyl (C=O) groups excluding carboxylic acids is 1. The van der Waals surface area contributed by atoms with Crippen LogP contribution in [-0.2, 0) is 0 Å². The second-order valence-corrected chi connectivity index (χ2v) is 4.26. The normalized spacial score (nSPS) is 10.6. The lowest BCUT2D eigenvalue weighted by Gasteiger charge is -1.97. The van der Waals surface area contributed by atoms with Crippen molar-refractivity contribution in [3.8, 4) is 5.82 Å². The highest BCUT2D eigenvalue weighted by Crippen LogP contribution is 2.16. The van der Waals surface area contributed by atoms with E-state index in [1.165, 1.54) is 18.3 Å². The zero-order valence-electron chi connectivity index (χ0n) is 8.81. The Morgan fingerprint density at radius 2 is 2.20 bits per heavy atom. The van der Waals surface area contributed by atoms with Crippen molar-refractivity contribution >= 4 is 17.1 Å². The molecular weight excluding hydrogens is 210 g/mol. The fourth-order valence-electron chi connectivity index (χ4n) is 1.39. The van der Waals surface area contributed by atoms with E-state index in [9.17, 15) is 4.79 Å². The average Bonchev–Trinajstić information content (AvgIpc) is 2.71. The number of ketones is 1. The van der Waals surface area contributed by atoms with Gasteiger partial charge in [-0.2, -0.15) is 5.10 Å². The minimum atomic E-state index is -0.00668. The number of nitrogens with zero attached hydrogens (tertiary/aromatic N) is 3. The summed E-state index contributed by atoms with van der Waals surface area (Å²) in [4.78, 5) is 15.3. The summed E-state index contributed by atoms with van der Waals surface area (Å²) in [6.45, 7) is 5.42. The summed E-state index contributed by atoms with van der Waals surface area (Å²) >= 11 is 1.35. The van der Waals surface area contributed by atoms with Crippen LogP contribution in [0.25, 0.3) is 5.82 Å². The van der Waals surface area contributed by atoms with Gasteiger partial charge >= 0.3 is 0 Å². The molecule has 0 bridgehead atoms. The van der Waals surface area contributed by atoms with Crippen molar-refractivity contribution in [2.24, 2.45) is 0 Å². The smallest absolute Gasteiger partial charge is 0.188 e. The molecule has 0 aliphatic heterocycles. The molecule has 2 aromatic heterocycles. The molecule has 0 saturated heterocycles. The third kappa shape index (κ3) is 1.83. The zero-order chi connectivity index (χ0) is 11.0. The summed E-state index contributed by atoms with van der Waals surface area (Å²) in [5.41, 5.74) is 1.97. The summed E-state index contributed by atoms with van der Waals surface area (Å²) in [5, 5.41) is 6.67. The Labute approximate surface area is 91.6 Å². The molecule has 15 heavy (non-hydrogen) atoms. The van der Waals surface area contributed by atoms with Gasteiger partial charge in [-0.05, 0) is 19.9 Å². The Balaban J connectivity index is 2.45. The summed E-state index contributed by atoms with van der Waals surface area (Å²) in [7, 11) is 0. The molecule has 0 amide bonds. The highest BCUT2D eigenvalue weighted by atomic mass is 32.1. The Hall–Kier alpha value is -1.49. The van der Waals surface area contributed by atoms with E-state index in [0.29, 0.717) is 5.01 Å². The van der Waals surface area contributed by atoms with E-state index >= 15 is 0 Å². The molecule has 2 rings (SSSR count). The van der Waals surface area contributed by atoms with Crippen LogP contribution >= 0.6 is 11.3 Å². The first-order valence-electron chi connectivity index (χ1n) is 4.58. The van der Waals surface area contributed by atoms with Crippen LogP contribution in [0.15, 0.2) is 11.4 Å². The minimum Gasteiger partial charge on any atom is -0.292 e. The van der Waals surface area contributed by atoms with Gasteiger partial charge in [0.25, 0.3) is 0 Å². The van der Waals surface area contributed by atoms with Crippen LogP contribution in [0, 0.1) is 13.8 Å². The highest BCUT2D eigenvalue weighted by Gasteiger charge is 2.10. The Bertz CT molecular complexity index is 512. The van der Waals surface area contributed by atoms with Gasteiger partial charge in [0.1, 0.15) is 0 Å². The molecule has 78 valence electrons. The molecule has 0 spiro atoms. The van der Waals surface area contributed by atoms with Crippen LogP contribution in [0.2, 0.25) is 0 Å². The summed E-state index contributed by atoms with van der Waals surface area (Å²) < 4.78 is 1.75. The summed E-state index contributed by atoms with van der Waals surface area (Å²) in [5.74, 6) is 0.712.